The summed E-state index contributed by atoms with van der Waals surface area (Å²) in [7, 11) is 5.50. The van der Waals surface area contributed by atoms with Crippen LogP contribution in [0.15, 0.2) is 71.6 Å². The maximum atomic E-state index is 13.9. The van der Waals surface area contributed by atoms with Gasteiger partial charge in [0.1, 0.15) is 17.2 Å². The van der Waals surface area contributed by atoms with Gasteiger partial charge in [0, 0.05) is 29.9 Å². The fraction of sp³-hybridized carbons (Fsp3) is 0.286. The average Bonchev–Trinajstić information content (AvgIpc) is 2.98. The Hall–Kier alpha value is -3.20. The van der Waals surface area contributed by atoms with Crippen LogP contribution in [-0.4, -0.2) is 57.2 Å². The molecule has 0 spiro atoms. The summed E-state index contributed by atoms with van der Waals surface area (Å²) in [6.45, 7) is 2.39. The molecule has 0 saturated heterocycles. The number of ether oxygens (including phenoxy) is 3. The normalized spacial score (nSPS) is 17.2. The fourth-order valence-corrected chi connectivity index (χ4v) is 5.44. The van der Waals surface area contributed by atoms with Crippen molar-refractivity contribution in [3.63, 3.8) is 0 Å². The maximum absolute atomic E-state index is 13.9. The Morgan fingerprint density at radius 1 is 1.00 bits per heavy atom. The Balaban J connectivity index is 1.78. The Morgan fingerprint density at radius 2 is 1.65 bits per heavy atom. The van der Waals surface area contributed by atoms with Crippen LogP contribution in [0, 0.1) is 0 Å². The second-order valence-corrected chi connectivity index (χ2v) is 10.4. The molecule has 1 heterocycles. The van der Waals surface area contributed by atoms with E-state index in [9.17, 15) is 9.59 Å². The van der Waals surface area contributed by atoms with Crippen molar-refractivity contribution >= 4 is 40.9 Å². The van der Waals surface area contributed by atoms with Gasteiger partial charge in [-0.2, -0.15) is 0 Å². The van der Waals surface area contributed by atoms with E-state index in [0.717, 1.165) is 16.1 Å². The molecule has 0 radical (unpaired) electrons. The summed E-state index contributed by atoms with van der Waals surface area (Å²) in [6.07, 6.45) is -1.01. The van der Waals surface area contributed by atoms with Gasteiger partial charge in [0.05, 0.1) is 18.0 Å². The van der Waals surface area contributed by atoms with Crippen molar-refractivity contribution in [2.24, 2.45) is 0 Å². The first-order valence-corrected chi connectivity index (χ1v) is 13.0. The molecule has 37 heavy (non-hydrogen) atoms. The molecule has 0 aliphatic carbocycles. The van der Waals surface area contributed by atoms with Gasteiger partial charge in [0.25, 0.3) is 5.91 Å². The monoisotopic (exact) mass is 540 g/mol. The predicted molar refractivity (Wildman–Crippen MR) is 146 cm³/mol. The molecule has 1 aliphatic rings. The zero-order chi connectivity index (χ0) is 26.5. The highest BCUT2D eigenvalue weighted by atomic mass is 35.5. The molecule has 7 nitrogen and oxygen atoms in total. The van der Waals surface area contributed by atoms with Gasteiger partial charge in [-0.25, -0.2) is 0 Å². The quantitative estimate of drug-likeness (QED) is 0.334. The van der Waals surface area contributed by atoms with Gasteiger partial charge in [-0.3, -0.25) is 9.59 Å². The van der Waals surface area contributed by atoms with Crippen LogP contribution in [0.1, 0.15) is 17.7 Å². The number of thioether (sulfide) groups is 1. The van der Waals surface area contributed by atoms with Crippen molar-refractivity contribution in [1.29, 1.82) is 0 Å². The minimum Gasteiger partial charge on any atom is -0.497 e. The van der Waals surface area contributed by atoms with E-state index < -0.39 is 17.3 Å². The lowest BCUT2D eigenvalue weighted by atomic mass is 10.1. The van der Waals surface area contributed by atoms with Gasteiger partial charge in [-0.15, -0.1) is 11.8 Å². The highest BCUT2D eigenvalue weighted by Gasteiger charge is 2.41. The molecule has 0 fully saturated rings. The molecule has 9 heteroatoms. The van der Waals surface area contributed by atoms with Crippen LogP contribution in [0.3, 0.4) is 0 Å². The third-order valence-electron chi connectivity index (χ3n) is 5.82. The van der Waals surface area contributed by atoms with Crippen LogP contribution in [0.25, 0.3) is 0 Å². The van der Waals surface area contributed by atoms with Gasteiger partial charge in [0.15, 0.2) is 6.10 Å². The standard InChI is InChI=1S/C28H29ClN2O5S/c1-18(32)35-26-27(19-5-9-21(34-4)10-6-19)37-25-17-23(36-22-11-7-20(29)8-12-22)13-14-24(25)31(28(26)33)16-15-30(2)3/h5-14,17,26-27H,15-16H2,1-4H3/t26-,27+/m0/s1. The van der Waals surface area contributed by atoms with E-state index in [0.29, 0.717) is 35.4 Å². The number of anilines is 1. The highest BCUT2D eigenvalue weighted by Crippen LogP contribution is 2.48. The summed E-state index contributed by atoms with van der Waals surface area (Å²) in [5, 5.41) is 0.148. The number of halogens is 1. The van der Waals surface area contributed by atoms with E-state index >= 15 is 0 Å². The number of rotatable bonds is 8. The largest absolute Gasteiger partial charge is 0.497 e. The van der Waals surface area contributed by atoms with Crippen LogP contribution in [0.5, 0.6) is 17.2 Å². The van der Waals surface area contributed by atoms with E-state index in [-0.39, 0.29) is 5.91 Å². The Bertz CT molecular complexity index is 1250. The topological polar surface area (TPSA) is 68.3 Å². The van der Waals surface area contributed by atoms with Crippen LogP contribution in [-0.2, 0) is 14.3 Å². The smallest absolute Gasteiger partial charge is 0.303 e. The summed E-state index contributed by atoms with van der Waals surface area (Å²) in [5.41, 5.74) is 1.59. The molecule has 0 aromatic heterocycles. The highest BCUT2D eigenvalue weighted by molar-refractivity contribution is 7.99. The third-order valence-corrected chi connectivity index (χ3v) is 7.42. The Kier molecular flexibility index (Phi) is 8.63. The summed E-state index contributed by atoms with van der Waals surface area (Å²) >= 11 is 7.48. The first kappa shape index (κ1) is 26.9. The number of benzene rings is 3. The lowest BCUT2D eigenvalue weighted by Crippen LogP contribution is -2.45. The first-order chi connectivity index (χ1) is 17.7. The molecule has 1 amide bonds. The zero-order valence-corrected chi connectivity index (χ0v) is 22.7. The molecule has 3 aromatic carbocycles. The Labute approximate surface area is 226 Å². The summed E-state index contributed by atoms with van der Waals surface area (Å²) in [4.78, 5) is 30.6. The molecule has 0 saturated carbocycles. The van der Waals surface area contributed by atoms with Crippen LogP contribution < -0.4 is 14.4 Å². The number of hydrogen-bond donors (Lipinski definition) is 0. The molecule has 1 aliphatic heterocycles. The van der Waals surface area contributed by atoms with Crippen LogP contribution in [0.4, 0.5) is 5.69 Å². The number of methoxy groups -OCH3 is 1. The number of amides is 1. The molecule has 0 unspecified atom stereocenters. The van der Waals surface area contributed by atoms with Crippen molar-refractivity contribution in [3.8, 4) is 17.2 Å². The van der Waals surface area contributed by atoms with Gasteiger partial charge >= 0.3 is 5.97 Å². The fourth-order valence-electron chi connectivity index (χ4n) is 3.97. The van der Waals surface area contributed by atoms with Gasteiger partial charge in [-0.1, -0.05) is 23.7 Å². The number of likely N-dealkylation sites (N-methyl/N-ethyl adjacent to an activating group) is 1. The van der Waals surface area contributed by atoms with Gasteiger partial charge in [-0.05, 0) is 74.3 Å². The lowest BCUT2D eigenvalue weighted by Gasteiger charge is -2.28. The van der Waals surface area contributed by atoms with E-state index in [1.54, 1.807) is 36.3 Å². The second kappa shape index (κ2) is 11.9. The maximum Gasteiger partial charge on any atom is 0.303 e. The molecule has 2 atom stereocenters. The molecule has 4 rings (SSSR count). The van der Waals surface area contributed by atoms with E-state index in [1.807, 2.05) is 61.5 Å². The minimum atomic E-state index is -1.01. The molecule has 3 aromatic rings. The number of nitrogens with zero attached hydrogens (tertiary/aromatic N) is 2. The molecule has 194 valence electrons. The Morgan fingerprint density at radius 3 is 2.27 bits per heavy atom. The van der Waals surface area contributed by atoms with Crippen molar-refractivity contribution < 1.29 is 23.8 Å². The number of esters is 1. The van der Waals surface area contributed by atoms with E-state index in [4.69, 9.17) is 25.8 Å². The van der Waals surface area contributed by atoms with Crippen molar-refractivity contribution in [2.45, 2.75) is 23.2 Å². The van der Waals surface area contributed by atoms with Gasteiger partial charge in [0.2, 0.25) is 0 Å². The molecular weight excluding hydrogens is 512 g/mol. The molecular formula is C28H29ClN2O5S. The summed E-state index contributed by atoms with van der Waals surface area (Å²) in [6, 6.07) is 20.2. The number of carbonyl (C=O) groups is 2. The first-order valence-electron chi connectivity index (χ1n) is 11.8. The van der Waals surface area contributed by atoms with Crippen LogP contribution in [0.2, 0.25) is 5.02 Å². The average molecular weight is 541 g/mol. The zero-order valence-electron chi connectivity index (χ0n) is 21.1. The van der Waals surface area contributed by atoms with E-state index in [2.05, 4.69) is 0 Å². The SMILES string of the molecule is COc1ccc([C@H]2Sc3cc(Oc4ccc(Cl)cc4)ccc3N(CCN(C)C)C(=O)[C@H]2OC(C)=O)cc1. The molecule has 0 bridgehead atoms. The van der Waals surface area contributed by atoms with Crippen LogP contribution >= 0.6 is 23.4 Å². The van der Waals surface area contributed by atoms with E-state index in [1.165, 1.54) is 18.7 Å². The second-order valence-electron chi connectivity index (χ2n) is 8.82. The number of carbonyl (C=O) groups excluding carboxylic acids is 2. The van der Waals surface area contributed by atoms with Crippen molar-refractivity contribution in [1.82, 2.24) is 4.90 Å². The minimum absolute atomic E-state index is 0.268. The van der Waals surface area contributed by atoms with Crippen molar-refractivity contribution in [3.05, 3.63) is 77.3 Å². The summed E-state index contributed by atoms with van der Waals surface area (Å²) in [5.74, 6) is 1.18. The molecule has 0 N–H and O–H groups in total. The lowest BCUT2D eigenvalue weighted by molar-refractivity contribution is -0.152. The number of fused-ring (bicyclic) bond motifs is 1. The summed E-state index contributed by atoms with van der Waals surface area (Å²) < 4.78 is 17.1. The third kappa shape index (κ3) is 6.57. The van der Waals surface area contributed by atoms with Crippen molar-refractivity contribution in [2.75, 3.05) is 39.2 Å². The predicted octanol–water partition coefficient (Wildman–Crippen LogP) is 5.81. The van der Waals surface area contributed by atoms with Gasteiger partial charge < -0.3 is 24.0 Å². The number of hydrogen-bond acceptors (Lipinski definition) is 7.